The zero-order valence-electron chi connectivity index (χ0n) is 8.36. The van der Waals surface area contributed by atoms with Crippen LogP contribution in [0.15, 0.2) is 18.7 Å². The van der Waals surface area contributed by atoms with E-state index in [0.717, 1.165) is 0 Å². The molecule has 0 fully saturated rings. The zero-order chi connectivity index (χ0) is 10.1. The van der Waals surface area contributed by atoms with Crippen molar-refractivity contribution in [3.63, 3.8) is 0 Å². The van der Waals surface area contributed by atoms with Crippen LogP contribution in [0.2, 0.25) is 0 Å². The molecule has 0 amide bonds. The first-order chi connectivity index (χ1) is 6.33. The van der Waals surface area contributed by atoms with E-state index in [0.29, 0.717) is 13.0 Å². The van der Waals surface area contributed by atoms with E-state index in [1.165, 1.54) is 7.11 Å². The number of carbonyl (C=O) groups excluding carboxylic acids is 1. The van der Waals surface area contributed by atoms with Gasteiger partial charge in [-0.15, -0.1) is 0 Å². The lowest BCUT2D eigenvalue weighted by molar-refractivity contribution is -0.140. The van der Waals surface area contributed by atoms with Gasteiger partial charge < -0.3 is 9.30 Å². The highest BCUT2D eigenvalue weighted by molar-refractivity contribution is 5.68. The average molecular weight is 184 g/mol. The SMILES string of the molecule is CC.COC(=O)CCn1ccnc1. The Hall–Kier alpha value is -1.32. The van der Waals surface area contributed by atoms with Crippen LogP contribution in [-0.2, 0) is 16.1 Å². The molecule has 4 nitrogen and oxygen atoms in total. The largest absolute Gasteiger partial charge is 0.469 e. The van der Waals surface area contributed by atoms with Gasteiger partial charge in [-0.3, -0.25) is 4.79 Å². The van der Waals surface area contributed by atoms with Crippen molar-refractivity contribution in [3.8, 4) is 0 Å². The Morgan fingerprint density at radius 2 is 2.23 bits per heavy atom. The van der Waals surface area contributed by atoms with Crippen LogP contribution in [0, 0.1) is 0 Å². The molecule has 0 atom stereocenters. The van der Waals surface area contributed by atoms with Crippen LogP contribution in [0.1, 0.15) is 20.3 Å². The molecule has 1 aromatic rings. The molecule has 0 aliphatic carbocycles. The van der Waals surface area contributed by atoms with Crippen molar-refractivity contribution in [1.82, 2.24) is 9.55 Å². The van der Waals surface area contributed by atoms with Crippen molar-refractivity contribution in [2.45, 2.75) is 26.8 Å². The predicted octanol–water partition coefficient (Wildman–Crippen LogP) is 1.47. The number of hydrogen-bond acceptors (Lipinski definition) is 3. The number of nitrogens with zero attached hydrogens (tertiary/aromatic N) is 2. The van der Waals surface area contributed by atoms with Crippen molar-refractivity contribution < 1.29 is 9.53 Å². The summed E-state index contributed by atoms with van der Waals surface area (Å²) in [7, 11) is 1.39. The molecule has 0 radical (unpaired) electrons. The summed E-state index contributed by atoms with van der Waals surface area (Å²) in [4.78, 5) is 14.5. The van der Waals surface area contributed by atoms with Crippen LogP contribution in [0.25, 0.3) is 0 Å². The number of aromatic nitrogens is 2. The van der Waals surface area contributed by atoms with Gasteiger partial charge in [-0.25, -0.2) is 4.98 Å². The topological polar surface area (TPSA) is 44.1 Å². The average Bonchev–Trinajstić information content (AvgIpc) is 2.70. The Morgan fingerprint density at radius 3 is 2.69 bits per heavy atom. The Labute approximate surface area is 78.5 Å². The maximum absolute atomic E-state index is 10.7. The van der Waals surface area contributed by atoms with Crippen LogP contribution >= 0.6 is 0 Å². The van der Waals surface area contributed by atoms with Crippen molar-refractivity contribution in [2.24, 2.45) is 0 Å². The maximum Gasteiger partial charge on any atom is 0.307 e. The molecule has 1 aromatic heterocycles. The number of esters is 1. The van der Waals surface area contributed by atoms with E-state index in [9.17, 15) is 4.79 Å². The predicted molar refractivity (Wildman–Crippen MR) is 50.2 cm³/mol. The Kier molecular flexibility index (Phi) is 6.59. The molecule has 0 N–H and O–H groups in total. The lowest BCUT2D eigenvalue weighted by Gasteiger charge is -1.99. The van der Waals surface area contributed by atoms with Gasteiger partial charge in [0.1, 0.15) is 0 Å². The highest BCUT2D eigenvalue weighted by Crippen LogP contribution is 1.91. The van der Waals surface area contributed by atoms with Crippen LogP contribution in [0.5, 0.6) is 0 Å². The molecule has 0 bridgehead atoms. The minimum absolute atomic E-state index is 0.196. The van der Waals surface area contributed by atoms with Crippen molar-refractivity contribution >= 4 is 5.97 Å². The molecular weight excluding hydrogens is 168 g/mol. The van der Waals surface area contributed by atoms with Gasteiger partial charge >= 0.3 is 5.97 Å². The van der Waals surface area contributed by atoms with Gasteiger partial charge in [0.15, 0.2) is 0 Å². The van der Waals surface area contributed by atoms with Crippen LogP contribution in [0.3, 0.4) is 0 Å². The third kappa shape index (κ3) is 5.00. The molecule has 0 spiro atoms. The van der Waals surface area contributed by atoms with E-state index in [1.54, 1.807) is 12.5 Å². The van der Waals surface area contributed by atoms with Crippen LogP contribution < -0.4 is 0 Å². The number of aryl methyl sites for hydroxylation is 1. The quantitative estimate of drug-likeness (QED) is 0.668. The Morgan fingerprint density at radius 1 is 1.54 bits per heavy atom. The van der Waals surface area contributed by atoms with Gasteiger partial charge in [0, 0.05) is 18.9 Å². The van der Waals surface area contributed by atoms with E-state index >= 15 is 0 Å². The number of carbonyl (C=O) groups is 1. The normalized spacial score (nSPS) is 8.54. The summed E-state index contributed by atoms with van der Waals surface area (Å²) in [6, 6.07) is 0. The number of methoxy groups -OCH3 is 1. The molecule has 4 heteroatoms. The molecular formula is C9H16N2O2. The first-order valence-corrected chi connectivity index (χ1v) is 4.35. The molecule has 13 heavy (non-hydrogen) atoms. The molecule has 1 heterocycles. The third-order valence-electron chi connectivity index (χ3n) is 1.36. The molecule has 0 aromatic carbocycles. The molecule has 0 aliphatic heterocycles. The summed E-state index contributed by atoms with van der Waals surface area (Å²) < 4.78 is 6.31. The highest BCUT2D eigenvalue weighted by atomic mass is 16.5. The smallest absolute Gasteiger partial charge is 0.307 e. The summed E-state index contributed by atoms with van der Waals surface area (Å²) in [5.74, 6) is -0.196. The van der Waals surface area contributed by atoms with Crippen LogP contribution in [0.4, 0.5) is 0 Å². The fraction of sp³-hybridized carbons (Fsp3) is 0.556. The van der Waals surface area contributed by atoms with Crippen LogP contribution in [-0.4, -0.2) is 22.6 Å². The summed E-state index contributed by atoms with van der Waals surface area (Å²) >= 11 is 0. The van der Waals surface area contributed by atoms with E-state index in [1.807, 2.05) is 24.6 Å². The summed E-state index contributed by atoms with van der Waals surface area (Å²) in [6.45, 7) is 4.63. The molecule has 0 unspecified atom stereocenters. The lowest BCUT2D eigenvalue weighted by atomic mass is 10.4. The molecule has 1 rings (SSSR count). The maximum atomic E-state index is 10.7. The van der Waals surface area contributed by atoms with E-state index in [4.69, 9.17) is 0 Å². The summed E-state index contributed by atoms with van der Waals surface area (Å²) in [5, 5.41) is 0. The minimum atomic E-state index is -0.196. The van der Waals surface area contributed by atoms with Gasteiger partial charge in [-0.2, -0.15) is 0 Å². The van der Waals surface area contributed by atoms with E-state index in [-0.39, 0.29) is 5.97 Å². The van der Waals surface area contributed by atoms with Crippen molar-refractivity contribution in [3.05, 3.63) is 18.7 Å². The van der Waals surface area contributed by atoms with Gasteiger partial charge in [-0.1, -0.05) is 13.8 Å². The van der Waals surface area contributed by atoms with Gasteiger partial charge in [0.25, 0.3) is 0 Å². The second-order valence-electron chi connectivity index (χ2n) is 2.13. The third-order valence-corrected chi connectivity index (χ3v) is 1.36. The molecule has 0 saturated carbocycles. The van der Waals surface area contributed by atoms with E-state index < -0.39 is 0 Å². The molecule has 0 saturated heterocycles. The summed E-state index contributed by atoms with van der Waals surface area (Å²) in [5.41, 5.74) is 0. The Balaban J connectivity index is 0.000000671. The second-order valence-corrected chi connectivity index (χ2v) is 2.13. The monoisotopic (exact) mass is 184 g/mol. The van der Waals surface area contributed by atoms with Gasteiger partial charge in [-0.05, 0) is 0 Å². The number of imidazole rings is 1. The standard InChI is InChI=1S/C7H10N2O2.C2H6/c1-11-7(10)2-4-9-5-3-8-6-9;1-2/h3,5-6H,2,4H2,1H3;1-2H3. The Bertz CT molecular complexity index is 220. The first kappa shape index (κ1) is 11.7. The summed E-state index contributed by atoms with van der Waals surface area (Å²) in [6.07, 6.45) is 5.55. The van der Waals surface area contributed by atoms with Gasteiger partial charge in [0.2, 0.25) is 0 Å². The van der Waals surface area contributed by atoms with E-state index in [2.05, 4.69) is 9.72 Å². The first-order valence-electron chi connectivity index (χ1n) is 4.35. The lowest BCUT2D eigenvalue weighted by Crippen LogP contribution is -2.05. The second kappa shape index (κ2) is 7.34. The van der Waals surface area contributed by atoms with Gasteiger partial charge in [0.05, 0.1) is 19.9 Å². The number of rotatable bonds is 3. The highest BCUT2D eigenvalue weighted by Gasteiger charge is 1.98. The van der Waals surface area contributed by atoms with Crippen molar-refractivity contribution in [2.75, 3.05) is 7.11 Å². The van der Waals surface area contributed by atoms with Crippen molar-refractivity contribution in [1.29, 1.82) is 0 Å². The number of ether oxygens (including phenoxy) is 1. The zero-order valence-corrected chi connectivity index (χ0v) is 8.36. The fourth-order valence-corrected chi connectivity index (χ4v) is 0.741. The minimum Gasteiger partial charge on any atom is -0.469 e. The number of hydrogen-bond donors (Lipinski definition) is 0. The fourth-order valence-electron chi connectivity index (χ4n) is 0.741. The molecule has 74 valence electrons. The molecule has 0 aliphatic rings.